The molecule has 33 heteroatoms. The largest absolute Gasteiger partial charge is 0.493 e. The van der Waals surface area contributed by atoms with Gasteiger partial charge in [0, 0.05) is 75.9 Å². The van der Waals surface area contributed by atoms with Gasteiger partial charge in [-0.2, -0.15) is 11.8 Å². The molecule has 5 aliphatic heterocycles. The van der Waals surface area contributed by atoms with E-state index in [0.29, 0.717) is 146 Å². The van der Waals surface area contributed by atoms with E-state index in [0.717, 1.165) is 26.5 Å². The fourth-order valence-electron chi connectivity index (χ4n) is 13.4. The Labute approximate surface area is 673 Å². The molecule has 5 heterocycles. The number of benzene rings is 5. The quantitative estimate of drug-likeness (QED) is 0.0221. The van der Waals surface area contributed by atoms with Crippen molar-refractivity contribution in [2.45, 2.75) is 115 Å². The molecule has 0 aromatic heterocycles. The molecule has 10 rings (SSSR count). The number of aliphatic imine (C=N–C) groups is 1. The molecule has 1 saturated heterocycles. The zero-order valence-corrected chi connectivity index (χ0v) is 66.8. The van der Waals surface area contributed by atoms with Gasteiger partial charge < -0.3 is 97.8 Å². The van der Waals surface area contributed by atoms with Gasteiger partial charge in [0.05, 0.1) is 173 Å². The Kier molecular flexibility index (Phi) is 34.2. The van der Waals surface area contributed by atoms with E-state index >= 15 is 0 Å². The highest BCUT2D eigenvalue weighted by molar-refractivity contribution is 8.00. The summed E-state index contributed by atoms with van der Waals surface area (Å²) in [7, 11) is 2.94. The number of carbonyl (C=O) groups excluding carboxylic acids is 9. The molecule has 0 bridgehead atoms. The Balaban J connectivity index is 0.577. The van der Waals surface area contributed by atoms with Crippen molar-refractivity contribution >= 4 is 88.4 Å². The van der Waals surface area contributed by atoms with Crippen LogP contribution in [0.15, 0.2) is 102 Å². The summed E-state index contributed by atoms with van der Waals surface area (Å²) < 4.78 is 74.2. The second kappa shape index (κ2) is 44.9. The number of aliphatic hydroxyl groups is 1. The number of ether oxygens (including phenoxy) is 13. The van der Waals surface area contributed by atoms with Gasteiger partial charge in [-0.25, -0.2) is 9.69 Å². The van der Waals surface area contributed by atoms with Crippen molar-refractivity contribution < 1.29 is 110 Å². The first-order chi connectivity index (χ1) is 55.8. The van der Waals surface area contributed by atoms with Crippen molar-refractivity contribution in [1.29, 1.82) is 0 Å². The standard InChI is InChI=1S/C82H105N9O23S/c1-53(2)75(87-73(93)21-26-104-28-30-106-32-34-108-36-38-110-40-41-111-39-37-109-35-33-107-31-29-105-27-22-83-72(92)20-23-88-74(94)48-71(115-6)81(88)100)77(96)85-54(3)76(95)86-60-18-16-55(17-19-60)52-114-82(101)91-65-47-70(68(103-5)45-63(65)79(98)90-51-59-15-10-8-13-57(59)43-66(90)80(91)99)113-25-11-24-112-69-46-64-62(44-67(69)102-4)78(97)89-50-58-14-9-7-12-56(58)42-61(89)49-84-64/h7-10,12-19,44-47,49,53-54,61,66,71,75,80,99H,11,20-43,48,50-52H2,1-6H3,(H,83,92)(H,85,96)(H,86,95)(H,87,93)/t54-,61?,66?,71?,75-,80?/m0/s1. The van der Waals surface area contributed by atoms with Gasteiger partial charge in [-0.15, -0.1) is 0 Å². The molecule has 5 aromatic rings. The van der Waals surface area contributed by atoms with Crippen molar-refractivity contribution in [2.75, 3.05) is 163 Å². The molecule has 622 valence electrons. The lowest BCUT2D eigenvalue weighted by Crippen LogP contribution is -2.55. The Bertz CT molecular complexity index is 4150. The number of anilines is 2. The van der Waals surface area contributed by atoms with E-state index in [1.165, 1.54) is 50.6 Å². The Morgan fingerprint density at radius 1 is 0.565 bits per heavy atom. The Morgan fingerprint density at radius 3 is 1.66 bits per heavy atom. The van der Waals surface area contributed by atoms with E-state index in [2.05, 4.69) is 27.3 Å². The van der Waals surface area contributed by atoms with Gasteiger partial charge in [0.2, 0.25) is 35.4 Å². The number of hydrogen-bond donors (Lipinski definition) is 5. The van der Waals surface area contributed by atoms with Crippen LogP contribution in [0.1, 0.15) is 95.0 Å². The molecule has 0 radical (unpaired) electrons. The molecule has 5 aromatic carbocycles. The molecule has 1 fully saturated rings. The normalized spacial score (nSPS) is 17.3. The number of imide groups is 1. The first-order valence-corrected chi connectivity index (χ1v) is 40.0. The number of nitrogens with zero attached hydrogens (tertiary/aromatic N) is 5. The third-order valence-corrected chi connectivity index (χ3v) is 20.6. The average Bonchev–Trinajstić information content (AvgIpc) is 1.61. The predicted molar refractivity (Wildman–Crippen MR) is 423 cm³/mol. The molecule has 32 nitrogen and oxygen atoms in total. The molecule has 115 heavy (non-hydrogen) atoms. The highest BCUT2D eigenvalue weighted by atomic mass is 32.2. The third-order valence-electron chi connectivity index (χ3n) is 19.7. The monoisotopic (exact) mass is 1620 g/mol. The van der Waals surface area contributed by atoms with Crippen LogP contribution in [0.3, 0.4) is 0 Å². The van der Waals surface area contributed by atoms with Gasteiger partial charge in [0.25, 0.3) is 11.8 Å². The minimum atomic E-state index is -1.59. The second-order valence-corrected chi connectivity index (χ2v) is 29.0. The maximum Gasteiger partial charge on any atom is 0.416 e. The third kappa shape index (κ3) is 24.9. The Morgan fingerprint density at radius 2 is 1.10 bits per heavy atom. The summed E-state index contributed by atoms with van der Waals surface area (Å²) >= 11 is 1.34. The summed E-state index contributed by atoms with van der Waals surface area (Å²) in [5.41, 5.74) is 5.94. The van der Waals surface area contributed by atoms with Gasteiger partial charge in [0.15, 0.2) is 29.2 Å². The van der Waals surface area contributed by atoms with Crippen LogP contribution in [0, 0.1) is 5.92 Å². The highest BCUT2D eigenvalue weighted by Gasteiger charge is 2.46. The van der Waals surface area contributed by atoms with Crippen LogP contribution < -0.4 is 45.1 Å². The van der Waals surface area contributed by atoms with Gasteiger partial charge in [-0.1, -0.05) is 74.5 Å². The number of nitrogens with one attached hydrogen (secondary N) is 4. The zero-order chi connectivity index (χ0) is 81.6. The summed E-state index contributed by atoms with van der Waals surface area (Å²) in [6, 6.07) is 25.4. The molecule has 0 aliphatic carbocycles. The van der Waals surface area contributed by atoms with Crippen molar-refractivity contribution in [3.05, 3.63) is 136 Å². The summed E-state index contributed by atoms with van der Waals surface area (Å²) in [5.74, 6) is -2.06. The molecule has 9 amide bonds. The molecule has 5 aliphatic rings. The lowest BCUT2D eigenvalue weighted by molar-refractivity contribution is -0.138. The van der Waals surface area contributed by atoms with Crippen molar-refractivity contribution in [3.63, 3.8) is 0 Å². The fourth-order valence-corrected chi connectivity index (χ4v) is 14.0. The zero-order valence-electron chi connectivity index (χ0n) is 65.9. The lowest BCUT2D eigenvalue weighted by Gasteiger charge is -2.39. The molecule has 0 spiro atoms. The topological polar surface area (TPSA) is 367 Å². The highest BCUT2D eigenvalue weighted by Crippen LogP contribution is 2.43. The summed E-state index contributed by atoms with van der Waals surface area (Å²) in [4.78, 5) is 130. The van der Waals surface area contributed by atoms with E-state index in [1.54, 1.807) is 61.4 Å². The van der Waals surface area contributed by atoms with Crippen LogP contribution in [-0.2, 0) is 104 Å². The predicted octanol–water partition coefficient (Wildman–Crippen LogP) is 5.98. The van der Waals surface area contributed by atoms with Gasteiger partial charge in [0.1, 0.15) is 18.7 Å². The number of carbonyl (C=O) groups is 9. The van der Waals surface area contributed by atoms with Crippen LogP contribution in [0.5, 0.6) is 23.0 Å². The van der Waals surface area contributed by atoms with Gasteiger partial charge >= 0.3 is 6.09 Å². The van der Waals surface area contributed by atoms with Crippen LogP contribution >= 0.6 is 11.8 Å². The number of methoxy groups -OCH3 is 2. The Hall–Kier alpha value is -9.81. The number of hydrogen-bond acceptors (Lipinski definition) is 25. The molecule has 4 unspecified atom stereocenters. The van der Waals surface area contributed by atoms with Crippen molar-refractivity contribution in [2.24, 2.45) is 10.9 Å². The van der Waals surface area contributed by atoms with Crippen LogP contribution in [-0.4, -0.2) is 268 Å². The average molecular weight is 1620 g/mol. The molecular weight excluding hydrogens is 1510 g/mol. The number of likely N-dealkylation sites (tertiary alicyclic amines) is 1. The van der Waals surface area contributed by atoms with Crippen LogP contribution in [0.2, 0.25) is 0 Å². The van der Waals surface area contributed by atoms with E-state index in [-0.39, 0.29) is 142 Å². The molecular formula is C82H105N9O23S. The fraction of sp³-hybridized carbons (Fsp3) is 0.512. The smallest absolute Gasteiger partial charge is 0.416 e. The summed E-state index contributed by atoms with van der Waals surface area (Å²) in [6.07, 6.45) is 2.48. The first-order valence-electron chi connectivity index (χ1n) is 38.7. The number of thioether (sulfide) groups is 1. The maximum absolute atomic E-state index is 14.7. The minimum Gasteiger partial charge on any atom is -0.493 e. The maximum atomic E-state index is 14.7. The molecule has 0 saturated carbocycles. The molecule has 5 N–H and O–H groups in total. The van der Waals surface area contributed by atoms with E-state index < -0.39 is 54.1 Å². The van der Waals surface area contributed by atoms with E-state index in [9.17, 15) is 48.3 Å². The van der Waals surface area contributed by atoms with Crippen LogP contribution in [0.4, 0.5) is 21.9 Å². The van der Waals surface area contributed by atoms with Crippen molar-refractivity contribution in [3.8, 4) is 23.0 Å². The number of rotatable bonds is 47. The van der Waals surface area contributed by atoms with Crippen molar-refractivity contribution in [1.82, 2.24) is 30.7 Å². The lowest BCUT2D eigenvalue weighted by atomic mass is 9.93. The first kappa shape index (κ1) is 87.6. The SMILES string of the molecule is COc1cc2c(cc1OCCCOc1cc3c(cc1OC)C(=O)N1Cc4ccccc4CC1C(O)N3C(=O)OCc1ccc(NC(=O)[C@H](C)NC(=O)[C@@H](NC(=O)CCOCCOCCOCCOCCOCCOCCOCCOCCNC(=O)CCN3C(=O)CC(SC)C3=O)C(C)C)cc1)N=CC1Cc3ccccc3CN1C2=O. The van der Waals surface area contributed by atoms with E-state index in [4.69, 9.17) is 66.6 Å². The van der Waals surface area contributed by atoms with Crippen LogP contribution in [0.25, 0.3) is 0 Å². The van der Waals surface area contributed by atoms with Gasteiger partial charge in [-0.3, -0.25) is 48.2 Å². The number of aliphatic hydroxyl groups excluding tert-OH is 1. The second-order valence-electron chi connectivity index (χ2n) is 27.9. The summed E-state index contributed by atoms with van der Waals surface area (Å²) in [5, 5.41) is 23.0. The number of fused-ring (bicyclic) bond motifs is 6. The molecule has 6 atom stereocenters. The minimum absolute atomic E-state index is 0.0196. The number of amides is 9. The summed E-state index contributed by atoms with van der Waals surface area (Å²) in [6.45, 7) is 11.4. The van der Waals surface area contributed by atoms with Gasteiger partial charge in [-0.05, 0) is 84.0 Å². The van der Waals surface area contributed by atoms with E-state index in [1.807, 2.05) is 53.6 Å².